The van der Waals surface area contributed by atoms with Crippen molar-refractivity contribution in [3.05, 3.63) is 11.6 Å². The lowest BCUT2D eigenvalue weighted by Crippen LogP contribution is -2.39. The maximum Gasteiger partial charge on any atom is 0.223 e. The highest BCUT2D eigenvalue weighted by Gasteiger charge is 2.32. The lowest BCUT2D eigenvalue weighted by atomic mass is 9.99. The van der Waals surface area contributed by atoms with E-state index in [0.29, 0.717) is 12.3 Å². The van der Waals surface area contributed by atoms with Crippen molar-refractivity contribution in [3.8, 4) is 0 Å². The average molecular weight is 406 g/mol. The Hall–Kier alpha value is -0.850. The van der Waals surface area contributed by atoms with Crippen LogP contribution in [0, 0.1) is 0 Å². The van der Waals surface area contributed by atoms with Crippen molar-refractivity contribution in [2.75, 3.05) is 13.1 Å². The molecule has 150 valence electrons. The first-order valence-corrected chi connectivity index (χ1v) is 9.73. The zero-order chi connectivity index (χ0) is 16.8. The first kappa shape index (κ1) is 23.2. The minimum Gasteiger partial charge on any atom is -0.332 e. The second kappa shape index (κ2) is 11.8. The second-order valence-corrected chi connectivity index (χ2v) is 7.13. The molecule has 0 aliphatic carbocycles. The number of carbonyl (C=O) groups is 1. The quantitative estimate of drug-likeness (QED) is 0.704. The van der Waals surface area contributed by atoms with Crippen molar-refractivity contribution in [2.45, 2.75) is 83.2 Å². The van der Waals surface area contributed by atoms with Crippen LogP contribution in [0.4, 0.5) is 0 Å². The van der Waals surface area contributed by atoms with Gasteiger partial charge in [-0.2, -0.15) is 0 Å². The van der Waals surface area contributed by atoms with Crippen LogP contribution in [0.5, 0.6) is 0 Å². The fraction of sp³-hybridized carbons (Fsp3) is 0.833. The van der Waals surface area contributed by atoms with Gasteiger partial charge in [-0.15, -0.1) is 35.0 Å². The maximum absolute atomic E-state index is 12.7. The Labute approximate surface area is 169 Å². The van der Waals surface area contributed by atoms with Crippen LogP contribution in [0.3, 0.4) is 0 Å². The van der Waals surface area contributed by atoms with E-state index in [1.165, 1.54) is 19.3 Å². The van der Waals surface area contributed by atoms with Crippen molar-refractivity contribution in [1.29, 1.82) is 0 Å². The third-order valence-corrected chi connectivity index (χ3v) is 5.35. The molecule has 2 aliphatic rings. The van der Waals surface area contributed by atoms with Crippen LogP contribution in [0.1, 0.15) is 81.9 Å². The predicted molar refractivity (Wildman–Crippen MR) is 108 cm³/mol. The van der Waals surface area contributed by atoms with Gasteiger partial charge in [-0.25, -0.2) is 0 Å². The number of nitrogens with two attached hydrogens (primary N) is 1. The van der Waals surface area contributed by atoms with Crippen LogP contribution >= 0.6 is 24.8 Å². The molecule has 0 spiro atoms. The molecular weight excluding hydrogens is 373 g/mol. The highest BCUT2D eigenvalue weighted by Crippen LogP contribution is 2.32. The van der Waals surface area contributed by atoms with Gasteiger partial charge < -0.3 is 15.2 Å². The van der Waals surface area contributed by atoms with Gasteiger partial charge in [0.15, 0.2) is 5.82 Å². The highest BCUT2D eigenvalue weighted by molar-refractivity contribution is 5.85. The fourth-order valence-electron chi connectivity index (χ4n) is 3.99. The normalized spacial score (nSPS) is 19.3. The van der Waals surface area contributed by atoms with Crippen LogP contribution in [-0.4, -0.2) is 38.7 Å². The molecule has 6 nitrogen and oxygen atoms in total. The van der Waals surface area contributed by atoms with E-state index in [2.05, 4.69) is 19.7 Å². The first-order valence-electron chi connectivity index (χ1n) is 9.73. The minimum atomic E-state index is 0. The molecule has 1 fully saturated rings. The molecule has 1 unspecified atom stereocenters. The Bertz CT molecular complexity index is 552. The minimum absolute atomic E-state index is 0. The summed E-state index contributed by atoms with van der Waals surface area (Å²) in [7, 11) is 0. The highest BCUT2D eigenvalue weighted by atomic mass is 35.5. The first-order chi connectivity index (χ1) is 11.8. The maximum atomic E-state index is 12.7. The number of unbranched alkanes of at least 4 members (excludes halogenated alkanes) is 3. The van der Waals surface area contributed by atoms with E-state index in [0.717, 1.165) is 76.2 Å². The molecule has 0 radical (unpaired) electrons. The Kier molecular flexibility index (Phi) is 10.5. The molecule has 0 saturated carbocycles. The summed E-state index contributed by atoms with van der Waals surface area (Å²) in [5.74, 6) is 2.43. The molecule has 1 amide bonds. The summed E-state index contributed by atoms with van der Waals surface area (Å²) in [5, 5.41) is 8.86. The number of hydrogen-bond donors (Lipinski definition) is 1. The van der Waals surface area contributed by atoms with Gasteiger partial charge in [0.05, 0.1) is 6.04 Å². The number of piperidine rings is 1. The van der Waals surface area contributed by atoms with Gasteiger partial charge in [-0.1, -0.05) is 12.8 Å². The zero-order valence-corrected chi connectivity index (χ0v) is 17.2. The SMILES string of the molecule is Cl.Cl.NCCCCCCC(=O)N1CCCCC1c1nnc2n1CCCC2. The van der Waals surface area contributed by atoms with Crippen molar-refractivity contribution in [2.24, 2.45) is 5.73 Å². The molecule has 2 aliphatic heterocycles. The van der Waals surface area contributed by atoms with Crippen LogP contribution in [0.25, 0.3) is 0 Å². The molecule has 1 aromatic rings. The molecular formula is C18H33Cl2N5O. The van der Waals surface area contributed by atoms with Crippen LogP contribution < -0.4 is 5.73 Å². The largest absolute Gasteiger partial charge is 0.332 e. The second-order valence-electron chi connectivity index (χ2n) is 7.13. The van der Waals surface area contributed by atoms with Gasteiger partial charge >= 0.3 is 0 Å². The zero-order valence-electron chi connectivity index (χ0n) is 15.6. The van der Waals surface area contributed by atoms with Gasteiger partial charge in [0.25, 0.3) is 0 Å². The average Bonchev–Trinajstić information content (AvgIpc) is 3.05. The topological polar surface area (TPSA) is 77.0 Å². The number of aryl methyl sites for hydroxylation is 1. The van der Waals surface area contributed by atoms with Gasteiger partial charge in [0, 0.05) is 25.9 Å². The van der Waals surface area contributed by atoms with E-state index < -0.39 is 0 Å². The van der Waals surface area contributed by atoms with E-state index in [1.54, 1.807) is 0 Å². The molecule has 0 bridgehead atoms. The summed E-state index contributed by atoms with van der Waals surface area (Å²) < 4.78 is 2.28. The Morgan fingerprint density at radius 2 is 1.77 bits per heavy atom. The number of aromatic nitrogens is 3. The number of rotatable bonds is 7. The Balaban J connectivity index is 0.00000169. The number of amides is 1. The molecule has 2 N–H and O–H groups in total. The van der Waals surface area contributed by atoms with Crippen molar-refractivity contribution in [3.63, 3.8) is 0 Å². The van der Waals surface area contributed by atoms with Gasteiger partial charge in [0.2, 0.25) is 5.91 Å². The summed E-state index contributed by atoms with van der Waals surface area (Å²) in [6.07, 6.45) is 11.6. The van der Waals surface area contributed by atoms with E-state index in [-0.39, 0.29) is 30.9 Å². The fourth-order valence-corrected chi connectivity index (χ4v) is 3.99. The standard InChI is InChI=1S/C18H31N5O.2ClH/c19-12-6-2-1-3-11-17(24)22-13-7-4-9-15(22)18-21-20-16-10-5-8-14-23(16)18;;/h15H,1-14,19H2;2*1H. The third kappa shape index (κ3) is 5.57. The summed E-state index contributed by atoms with van der Waals surface area (Å²) in [6, 6.07) is 0.134. The lowest BCUT2D eigenvalue weighted by Gasteiger charge is -2.35. The molecule has 3 heterocycles. The van der Waals surface area contributed by atoms with Crippen molar-refractivity contribution >= 4 is 30.7 Å². The van der Waals surface area contributed by atoms with E-state index in [9.17, 15) is 4.79 Å². The molecule has 0 aromatic carbocycles. The Morgan fingerprint density at radius 1 is 1.00 bits per heavy atom. The lowest BCUT2D eigenvalue weighted by molar-refractivity contribution is -0.135. The molecule has 1 saturated heterocycles. The van der Waals surface area contributed by atoms with Gasteiger partial charge in [-0.05, 0) is 51.5 Å². The van der Waals surface area contributed by atoms with Crippen LogP contribution in [0.15, 0.2) is 0 Å². The van der Waals surface area contributed by atoms with E-state index in [1.807, 2.05) is 0 Å². The molecule has 1 atom stereocenters. The summed E-state index contributed by atoms with van der Waals surface area (Å²) in [6.45, 7) is 2.63. The number of likely N-dealkylation sites (tertiary alicyclic amines) is 1. The number of nitrogens with zero attached hydrogens (tertiary/aromatic N) is 4. The molecule has 3 rings (SSSR count). The summed E-state index contributed by atoms with van der Waals surface area (Å²) in [5.41, 5.74) is 5.53. The number of halogens is 2. The summed E-state index contributed by atoms with van der Waals surface area (Å²) >= 11 is 0. The molecule has 26 heavy (non-hydrogen) atoms. The number of carbonyl (C=O) groups excluding carboxylic acids is 1. The van der Waals surface area contributed by atoms with Crippen LogP contribution in [-0.2, 0) is 17.8 Å². The van der Waals surface area contributed by atoms with Gasteiger partial charge in [-0.3, -0.25) is 4.79 Å². The number of hydrogen-bond acceptors (Lipinski definition) is 4. The summed E-state index contributed by atoms with van der Waals surface area (Å²) in [4.78, 5) is 14.8. The van der Waals surface area contributed by atoms with Crippen molar-refractivity contribution in [1.82, 2.24) is 19.7 Å². The van der Waals surface area contributed by atoms with Gasteiger partial charge in [0.1, 0.15) is 5.82 Å². The van der Waals surface area contributed by atoms with Crippen LogP contribution in [0.2, 0.25) is 0 Å². The van der Waals surface area contributed by atoms with E-state index in [4.69, 9.17) is 5.73 Å². The molecule has 1 aromatic heterocycles. The predicted octanol–water partition coefficient (Wildman–Crippen LogP) is 3.42. The smallest absolute Gasteiger partial charge is 0.223 e. The molecule has 8 heteroatoms. The third-order valence-electron chi connectivity index (χ3n) is 5.35. The number of fused-ring (bicyclic) bond motifs is 1. The van der Waals surface area contributed by atoms with Crippen molar-refractivity contribution < 1.29 is 4.79 Å². The Morgan fingerprint density at radius 3 is 2.58 bits per heavy atom. The monoisotopic (exact) mass is 405 g/mol. The van der Waals surface area contributed by atoms with E-state index >= 15 is 0 Å².